The van der Waals surface area contributed by atoms with Gasteiger partial charge in [-0.3, -0.25) is 0 Å². The van der Waals surface area contributed by atoms with Gasteiger partial charge in [-0.1, -0.05) is 11.6 Å². The van der Waals surface area contributed by atoms with E-state index >= 15 is 0 Å². The van der Waals surface area contributed by atoms with E-state index in [1.165, 1.54) is 0 Å². The largest absolute Gasteiger partial charge is 0.396 e. The van der Waals surface area contributed by atoms with Gasteiger partial charge in [0.15, 0.2) is 5.15 Å². The Morgan fingerprint density at radius 2 is 2.44 bits per heavy atom. The number of urea groups is 1. The molecule has 0 saturated heterocycles. The number of hydrogen-bond donors (Lipinski definition) is 3. The fourth-order valence-electron chi connectivity index (χ4n) is 1.13. The second-order valence-electron chi connectivity index (χ2n) is 3.35. The van der Waals surface area contributed by atoms with Gasteiger partial charge in [0.2, 0.25) is 0 Å². The Morgan fingerprint density at radius 1 is 1.69 bits per heavy atom. The molecule has 16 heavy (non-hydrogen) atoms. The summed E-state index contributed by atoms with van der Waals surface area (Å²) in [6, 6.07) is 2.88. The van der Waals surface area contributed by atoms with Crippen molar-refractivity contribution < 1.29 is 9.90 Å². The van der Waals surface area contributed by atoms with Gasteiger partial charge >= 0.3 is 6.03 Å². The third kappa shape index (κ3) is 4.04. The zero-order valence-electron chi connectivity index (χ0n) is 8.90. The number of aliphatic hydroxyl groups is 1. The van der Waals surface area contributed by atoms with E-state index in [0.29, 0.717) is 12.1 Å². The maximum absolute atomic E-state index is 11.5. The minimum Gasteiger partial charge on any atom is -0.396 e. The summed E-state index contributed by atoms with van der Waals surface area (Å²) in [7, 11) is 0. The Labute approximate surface area is 98.8 Å². The number of aromatic nitrogens is 1. The van der Waals surface area contributed by atoms with Crippen molar-refractivity contribution in [2.45, 2.75) is 19.4 Å². The summed E-state index contributed by atoms with van der Waals surface area (Å²) in [4.78, 5) is 15.3. The molecule has 1 heterocycles. The molecule has 1 aromatic heterocycles. The van der Waals surface area contributed by atoms with Gasteiger partial charge in [-0.25, -0.2) is 9.78 Å². The molecule has 88 valence electrons. The lowest BCUT2D eigenvalue weighted by Gasteiger charge is -2.13. The maximum Gasteiger partial charge on any atom is 0.319 e. The van der Waals surface area contributed by atoms with E-state index in [1.54, 1.807) is 25.3 Å². The number of pyridine rings is 1. The SMILES string of the molecule is C[C@H](CCO)NC(=O)Nc1cccnc1Cl. The Balaban J connectivity index is 2.49. The number of anilines is 1. The highest BCUT2D eigenvalue weighted by Gasteiger charge is 2.08. The van der Waals surface area contributed by atoms with Crippen molar-refractivity contribution in [3.8, 4) is 0 Å². The number of hydrogen-bond acceptors (Lipinski definition) is 3. The van der Waals surface area contributed by atoms with Crippen molar-refractivity contribution in [2.24, 2.45) is 0 Å². The molecule has 3 N–H and O–H groups in total. The smallest absolute Gasteiger partial charge is 0.319 e. The first-order valence-electron chi connectivity index (χ1n) is 4.92. The molecule has 1 atom stereocenters. The molecule has 0 unspecified atom stereocenters. The molecular weight excluding hydrogens is 230 g/mol. The van der Waals surface area contributed by atoms with Gasteiger partial charge in [-0.15, -0.1) is 0 Å². The Morgan fingerprint density at radius 3 is 3.06 bits per heavy atom. The lowest BCUT2D eigenvalue weighted by Crippen LogP contribution is -2.36. The van der Waals surface area contributed by atoms with Crippen LogP contribution in [0.3, 0.4) is 0 Å². The summed E-state index contributed by atoms with van der Waals surface area (Å²) in [6.07, 6.45) is 2.05. The molecule has 0 aromatic carbocycles. The summed E-state index contributed by atoms with van der Waals surface area (Å²) in [5, 5.41) is 14.2. The maximum atomic E-state index is 11.5. The molecule has 1 aromatic rings. The molecule has 0 bridgehead atoms. The Hall–Kier alpha value is -1.33. The number of amides is 2. The summed E-state index contributed by atoms with van der Waals surface area (Å²) < 4.78 is 0. The van der Waals surface area contributed by atoms with Crippen molar-refractivity contribution >= 4 is 23.3 Å². The monoisotopic (exact) mass is 243 g/mol. The number of nitrogens with zero attached hydrogens (tertiary/aromatic N) is 1. The lowest BCUT2D eigenvalue weighted by atomic mass is 10.2. The Bertz CT molecular complexity index is 360. The van der Waals surface area contributed by atoms with E-state index in [-0.39, 0.29) is 23.8 Å². The van der Waals surface area contributed by atoms with Crippen LogP contribution < -0.4 is 10.6 Å². The van der Waals surface area contributed by atoms with Gasteiger partial charge in [0, 0.05) is 18.8 Å². The van der Waals surface area contributed by atoms with Crippen molar-refractivity contribution in [1.29, 1.82) is 0 Å². The third-order valence-corrected chi connectivity index (χ3v) is 2.25. The van der Waals surface area contributed by atoms with Crippen molar-refractivity contribution in [1.82, 2.24) is 10.3 Å². The zero-order chi connectivity index (χ0) is 12.0. The van der Waals surface area contributed by atoms with Gasteiger partial charge in [0.25, 0.3) is 0 Å². The van der Waals surface area contributed by atoms with E-state index in [0.717, 1.165) is 0 Å². The molecule has 2 amide bonds. The first kappa shape index (κ1) is 12.7. The van der Waals surface area contributed by atoms with Crippen LogP contribution in [0.5, 0.6) is 0 Å². The lowest BCUT2D eigenvalue weighted by molar-refractivity contribution is 0.241. The van der Waals surface area contributed by atoms with Crippen LogP contribution in [0.25, 0.3) is 0 Å². The predicted octanol–water partition coefficient (Wildman–Crippen LogP) is 1.63. The summed E-state index contributed by atoms with van der Waals surface area (Å²) in [6.45, 7) is 1.84. The second-order valence-corrected chi connectivity index (χ2v) is 3.71. The van der Waals surface area contributed by atoms with Crippen LogP contribution in [-0.2, 0) is 0 Å². The fourth-order valence-corrected chi connectivity index (χ4v) is 1.29. The number of rotatable bonds is 4. The average Bonchev–Trinajstić information content (AvgIpc) is 2.21. The van der Waals surface area contributed by atoms with E-state index in [9.17, 15) is 4.79 Å². The van der Waals surface area contributed by atoms with Crippen molar-refractivity contribution in [2.75, 3.05) is 11.9 Å². The molecule has 0 aliphatic heterocycles. The highest BCUT2D eigenvalue weighted by molar-refractivity contribution is 6.32. The average molecular weight is 244 g/mol. The molecule has 0 aliphatic carbocycles. The normalized spacial score (nSPS) is 11.9. The first-order chi connectivity index (χ1) is 7.63. The fraction of sp³-hybridized carbons (Fsp3) is 0.400. The number of nitrogens with one attached hydrogen (secondary N) is 2. The summed E-state index contributed by atoms with van der Waals surface area (Å²) >= 11 is 5.77. The van der Waals surface area contributed by atoms with Gasteiger partial charge in [0.05, 0.1) is 5.69 Å². The number of carbonyl (C=O) groups excluding carboxylic acids is 1. The minimum atomic E-state index is -0.365. The number of carbonyl (C=O) groups is 1. The number of aliphatic hydroxyl groups excluding tert-OH is 1. The van der Waals surface area contributed by atoms with Crippen molar-refractivity contribution in [3.05, 3.63) is 23.5 Å². The number of halogens is 1. The van der Waals surface area contributed by atoms with Crippen LogP contribution >= 0.6 is 11.6 Å². The molecule has 5 nitrogen and oxygen atoms in total. The van der Waals surface area contributed by atoms with E-state index in [2.05, 4.69) is 15.6 Å². The van der Waals surface area contributed by atoms with Gasteiger partial charge in [-0.05, 0) is 25.5 Å². The predicted molar refractivity (Wildman–Crippen MR) is 62.6 cm³/mol. The van der Waals surface area contributed by atoms with Crippen LogP contribution in [0.15, 0.2) is 18.3 Å². The van der Waals surface area contributed by atoms with Crippen LogP contribution in [0.2, 0.25) is 5.15 Å². The molecule has 0 fully saturated rings. The molecule has 0 aliphatic rings. The standard InChI is InChI=1S/C10H14ClN3O2/c1-7(4-6-15)13-10(16)14-8-3-2-5-12-9(8)11/h2-3,5,7,15H,4,6H2,1H3,(H2,13,14,16)/t7-/m1/s1. The van der Waals surface area contributed by atoms with E-state index in [1.807, 2.05) is 0 Å². The summed E-state index contributed by atoms with van der Waals surface area (Å²) in [5.74, 6) is 0. The molecule has 0 spiro atoms. The minimum absolute atomic E-state index is 0.0368. The van der Waals surface area contributed by atoms with Gasteiger partial charge < -0.3 is 15.7 Å². The van der Waals surface area contributed by atoms with Gasteiger partial charge in [0.1, 0.15) is 0 Å². The molecule has 0 saturated carbocycles. The second kappa shape index (κ2) is 6.30. The highest BCUT2D eigenvalue weighted by Crippen LogP contribution is 2.16. The zero-order valence-corrected chi connectivity index (χ0v) is 9.66. The third-order valence-electron chi connectivity index (χ3n) is 1.95. The first-order valence-corrected chi connectivity index (χ1v) is 5.30. The molecular formula is C10H14ClN3O2. The topological polar surface area (TPSA) is 74.2 Å². The molecule has 1 rings (SSSR count). The summed E-state index contributed by atoms with van der Waals surface area (Å²) in [5.41, 5.74) is 0.456. The van der Waals surface area contributed by atoms with Gasteiger partial charge in [-0.2, -0.15) is 0 Å². The van der Waals surface area contributed by atoms with Crippen LogP contribution in [0.1, 0.15) is 13.3 Å². The van der Waals surface area contributed by atoms with Crippen LogP contribution in [-0.4, -0.2) is 28.8 Å². The van der Waals surface area contributed by atoms with E-state index in [4.69, 9.17) is 16.7 Å². The van der Waals surface area contributed by atoms with Crippen molar-refractivity contribution in [3.63, 3.8) is 0 Å². The highest BCUT2D eigenvalue weighted by atomic mass is 35.5. The van der Waals surface area contributed by atoms with Crippen LogP contribution in [0.4, 0.5) is 10.5 Å². The van der Waals surface area contributed by atoms with E-state index < -0.39 is 0 Å². The molecule has 0 radical (unpaired) electrons. The molecule has 6 heteroatoms. The Kier molecular flexibility index (Phi) is 5.01. The van der Waals surface area contributed by atoms with Crippen LogP contribution in [0, 0.1) is 0 Å². The quantitative estimate of drug-likeness (QED) is 0.704.